The molecule has 0 unspecified atom stereocenters. The van der Waals surface area contributed by atoms with Crippen LogP contribution in [0.4, 0.5) is 5.69 Å². The summed E-state index contributed by atoms with van der Waals surface area (Å²) in [6.45, 7) is 0. The molecule has 2 aromatic carbocycles. The highest BCUT2D eigenvalue weighted by atomic mass is 16.1. The van der Waals surface area contributed by atoms with Crippen molar-refractivity contribution in [2.45, 2.75) is 31.7 Å². The maximum atomic E-state index is 11.8. The smallest absolute Gasteiger partial charge is 0.155 e. The third kappa shape index (κ3) is 2.90. The molecule has 0 heterocycles. The van der Waals surface area contributed by atoms with E-state index in [1.165, 1.54) is 11.1 Å². The molecule has 0 saturated heterocycles. The van der Waals surface area contributed by atoms with Gasteiger partial charge in [-0.15, -0.1) is 0 Å². The molecular formula is C18H19NO. The fourth-order valence-electron chi connectivity index (χ4n) is 2.73. The van der Waals surface area contributed by atoms with Crippen molar-refractivity contribution in [3.05, 3.63) is 54.6 Å². The van der Waals surface area contributed by atoms with E-state index in [9.17, 15) is 4.79 Å². The first-order valence-electron chi connectivity index (χ1n) is 7.28. The Hall–Kier alpha value is -2.09. The Bertz CT molecular complexity index is 574. The quantitative estimate of drug-likeness (QED) is 0.897. The number of ketones is 1. The van der Waals surface area contributed by atoms with Crippen molar-refractivity contribution in [2.24, 2.45) is 0 Å². The molecular weight excluding hydrogens is 246 g/mol. The number of nitrogens with one attached hydrogen (secondary N) is 1. The van der Waals surface area contributed by atoms with E-state index in [2.05, 4.69) is 41.7 Å². The van der Waals surface area contributed by atoms with Gasteiger partial charge in [0.05, 0.1) is 6.04 Å². The van der Waals surface area contributed by atoms with E-state index in [-0.39, 0.29) is 6.04 Å². The number of benzene rings is 2. The van der Waals surface area contributed by atoms with Gasteiger partial charge in [0.15, 0.2) is 5.78 Å². The van der Waals surface area contributed by atoms with Gasteiger partial charge in [0.25, 0.3) is 0 Å². The summed E-state index contributed by atoms with van der Waals surface area (Å²) in [6.07, 6.45) is 3.87. The van der Waals surface area contributed by atoms with E-state index in [0.717, 1.165) is 31.4 Å². The molecule has 102 valence electrons. The molecule has 0 spiro atoms. The maximum Gasteiger partial charge on any atom is 0.155 e. The Balaban J connectivity index is 1.72. The average Bonchev–Trinajstić information content (AvgIpc) is 2.51. The second kappa shape index (κ2) is 5.91. The number of carbonyl (C=O) groups is 1. The first kappa shape index (κ1) is 12.9. The molecule has 0 aromatic heterocycles. The van der Waals surface area contributed by atoms with Crippen molar-refractivity contribution < 1.29 is 4.79 Å². The van der Waals surface area contributed by atoms with Gasteiger partial charge in [0.1, 0.15) is 0 Å². The lowest BCUT2D eigenvalue weighted by Crippen LogP contribution is -2.32. The van der Waals surface area contributed by atoms with Crippen LogP contribution in [0.5, 0.6) is 0 Å². The van der Waals surface area contributed by atoms with E-state index in [4.69, 9.17) is 0 Å². The normalized spacial score (nSPS) is 18.8. The van der Waals surface area contributed by atoms with E-state index in [1.807, 2.05) is 18.2 Å². The number of hydrogen-bond donors (Lipinski definition) is 1. The highest BCUT2D eigenvalue weighted by Crippen LogP contribution is 2.23. The lowest BCUT2D eigenvalue weighted by Gasteiger charge is -2.22. The van der Waals surface area contributed by atoms with Crippen molar-refractivity contribution in [1.82, 2.24) is 0 Å². The van der Waals surface area contributed by atoms with Gasteiger partial charge in [0.2, 0.25) is 0 Å². The highest BCUT2D eigenvalue weighted by molar-refractivity contribution is 5.87. The zero-order valence-corrected chi connectivity index (χ0v) is 11.5. The summed E-state index contributed by atoms with van der Waals surface area (Å²) in [5, 5.41) is 3.36. The van der Waals surface area contributed by atoms with Crippen LogP contribution in [-0.2, 0) is 4.79 Å². The summed E-state index contributed by atoms with van der Waals surface area (Å²) in [5.74, 6) is 0.350. The van der Waals surface area contributed by atoms with Crippen LogP contribution >= 0.6 is 0 Å². The summed E-state index contributed by atoms with van der Waals surface area (Å²) < 4.78 is 0. The molecule has 2 aromatic rings. The molecule has 1 atom stereocenters. The lowest BCUT2D eigenvalue weighted by molar-refractivity contribution is -0.121. The van der Waals surface area contributed by atoms with Gasteiger partial charge in [-0.1, -0.05) is 48.9 Å². The second-order valence-electron chi connectivity index (χ2n) is 5.35. The predicted molar refractivity (Wildman–Crippen MR) is 82.8 cm³/mol. The Morgan fingerprint density at radius 3 is 2.25 bits per heavy atom. The number of hydrogen-bond acceptors (Lipinski definition) is 2. The second-order valence-corrected chi connectivity index (χ2v) is 5.35. The molecule has 0 radical (unpaired) electrons. The minimum absolute atomic E-state index is 0.00586. The van der Waals surface area contributed by atoms with Crippen molar-refractivity contribution in [3.63, 3.8) is 0 Å². The molecule has 1 saturated carbocycles. The Morgan fingerprint density at radius 2 is 1.55 bits per heavy atom. The van der Waals surface area contributed by atoms with Crippen LogP contribution in [0.1, 0.15) is 25.7 Å². The molecule has 1 fully saturated rings. The molecule has 3 rings (SSSR count). The number of Topliss-reactive ketones (excluding diaryl/α,β-unsaturated/α-hetero) is 1. The highest BCUT2D eigenvalue weighted by Gasteiger charge is 2.21. The Morgan fingerprint density at radius 1 is 0.850 bits per heavy atom. The Kier molecular flexibility index (Phi) is 3.82. The first-order valence-corrected chi connectivity index (χ1v) is 7.28. The minimum atomic E-state index is 0.00586. The molecule has 1 aliphatic carbocycles. The van der Waals surface area contributed by atoms with Crippen molar-refractivity contribution >= 4 is 11.5 Å². The number of rotatable bonds is 3. The molecule has 0 bridgehead atoms. The zero-order chi connectivity index (χ0) is 13.8. The van der Waals surface area contributed by atoms with E-state index in [0.29, 0.717) is 5.78 Å². The minimum Gasteiger partial charge on any atom is -0.375 e. The van der Waals surface area contributed by atoms with Gasteiger partial charge in [-0.25, -0.2) is 0 Å². The summed E-state index contributed by atoms with van der Waals surface area (Å²) >= 11 is 0. The first-order chi connectivity index (χ1) is 9.83. The van der Waals surface area contributed by atoms with Crippen LogP contribution in [0.3, 0.4) is 0 Å². The van der Waals surface area contributed by atoms with Gasteiger partial charge in [-0.3, -0.25) is 4.79 Å². The summed E-state index contributed by atoms with van der Waals surface area (Å²) in [6, 6.07) is 18.6. The molecule has 1 N–H and O–H groups in total. The molecule has 20 heavy (non-hydrogen) atoms. The third-order valence-corrected chi connectivity index (χ3v) is 3.89. The summed E-state index contributed by atoms with van der Waals surface area (Å²) in [5.41, 5.74) is 3.45. The SMILES string of the molecule is O=C1CCCC[C@H]1Nc1ccc(-c2ccccc2)cc1. The largest absolute Gasteiger partial charge is 0.375 e. The predicted octanol–water partition coefficient (Wildman–Crippen LogP) is 4.28. The van der Waals surface area contributed by atoms with Gasteiger partial charge < -0.3 is 5.32 Å². The number of anilines is 1. The van der Waals surface area contributed by atoms with E-state index < -0.39 is 0 Å². The average molecular weight is 265 g/mol. The van der Waals surface area contributed by atoms with E-state index >= 15 is 0 Å². The topological polar surface area (TPSA) is 29.1 Å². The van der Waals surface area contributed by atoms with Gasteiger partial charge >= 0.3 is 0 Å². The van der Waals surface area contributed by atoms with Crippen LogP contribution in [0, 0.1) is 0 Å². The molecule has 0 aliphatic heterocycles. The van der Waals surface area contributed by atoms with Crippen molar-refractivity contribution in [2.75, 3.05) is 5.32 Å². The third-order valence-electron chi connectivity index (χ3n) is 3.89. The molecule has 2 heteroatoms. The summed E-state index contributed by atoms with van der Waals surface area (Å²) in [4.78, 5) is 11.8. The van der Waals surface area contributed by atoms with Crippen LogP contribution in [-0.4, -0.2) is 11.8 Å². The summed E-state index contributed by atoms with van der Waals surface area (Å²) in [7, 11) is 0. The van der Waals surface area contributed by atoms with Crippen LogP contribution in [0.2, 0.25) is 0 Å². The van der Waals surface area contributed by atoms with Gasteiger partial charge in [-0.2, -0.15) is 0 Å². The van der Waals surface area contributed by atoms with Crippen molar-refractivity contribution in [3.8, 4) is 11.1 Å². The number of carbonyl (C=O) groups excluding carboxylic acids is 1. The van der Waals surface area contributed by atoms with E-state index in [1.54, 1.807) is 0 Å². The standard InChI is InChI=1S/C18H19NO/c20-18-9-5-4-8-17(18)19-16-12-10-15(11-13-16)14-6-2-1-3-7-14/h1-3,6-7,10-13,17,19H,4-5,8-9H2/t17-/m1/s1. The van der Waals surface area contributed by atoms with Crippen LogP contribution < -0.4 is 5.32 Å². The van der Waals surface area contributed by atoms with Crippen LogP contribution in [0.25, 0.3) is 11.1 Å². The zero-order valence-electron chi connectivity index (χ0n) is 11.5. The van der Waals surface area contributed by atoms with Gasteiger partial charge in [0, 0.05) is 12.1 Å². The van der Waals surface area contributed by atoms with Crippen molar-refractivity contribution in [1.29, 1.82) is 0 Å². The van der Waals surface area contributed by atoms with Gasteiger partial charge in [-0.05, 0) is 36.1 Å². The maximum absolute atomic E-state index is 11.8. The molecule has 2 nitrogen and oxygen atoms in total. The Labute approximate surface area is 119 Å². The molecule has 0 amide bonds. The molecule has 1 aliphatic rings. The fourth-order valence-corrected chi connectivity index (χ4v) is 2.73. The fraction of sp³-hybridized carbons (Fsp3) is 0.278. The lowest BCUT2D eigenvalue weighted by atomic mass is 9.94. The monoisotopic (exact) mass is 265 g/mol. The van der Waals surface area contributed by atoms with Crippen LogP contribution in [0.15, 0.2) is 54.6 Å².